The zero-order valence-electron chi connectivity index (χ0n) is 17.0. The van der Waals surface area contributed by atoms with Crippen LogP contribution in [0.1, 0.15) is 122 Å². The molecule has 26 heavy (non-hydrogen) atoms. The summed E-state index contributed by atoms with van der Waals surface area (Å²) < 4.78 is 0. The standard InChI is InChI=1S/C22H42O4/c1-2-3-4-5-11-14-17-20(23)21(24)18-15-12-9-7-6-8-10-13-16-19-22(25)26/h23-24H,2-19H2,1H3,(H,25,26)/b21-20-. The summed E-state index contributed by atoms with van der Waals surface area (Å²) in [6.07, 6.45) is 18.4. The van der Waals surface area contributed by atoms with Crippen LogP contribution in [0.15, 0.2) is 11.5 Å². The summed E-state index contributed by atoms with van der Waals surface area (Å²) in [7, 11) is 0. The second-order valence-corrected chi connectivity index (χ2v) is 7.49. The van der Waals surface area contributed by atoms with Crippen molar-refractivity contribution in [3.63, 3.8) is 0 Å². The van der Waals surface area contributed by atoms with Gasteiger partial charge < -0.3 is 15.3 Å². The smallest absolute Gasteiger partial charge is 0.303 e. The number of hydrogen-bond acceptors (Lipinski definition) is 3. The highest BCUT2D eigenvalue weighted by molar-refractivity contribution is 5.66. The monoisotopic (exact) mass is 370 g/mol. The molecule has 0 bridgehead atoms. The maximum atomic E-state index is 10.4. The fourth-order valence-electron chi connectivity index (χ4n) is 3.17. The van der Waals surface area contributed by atoms with Crippen LogP contribution >= 0.6 is 0 Å². The van der Waals surface area contributed by atoms with Gasteiger partial charge in [0, 0.05) is 19.3 Å². The second-order valence-electron chi connectivity index (χ2n) is 7.49. The molecule has 0 aromatic carbocycles. The first-order valence-corrected chi connectivity index (χ1v) is 10.9. The van der Waals surface area contributed by atoms with Crippen molar-refractivity contribution in [3.05, 3.63) is 11.5 Å². The minimum atomic E-state index is -0.694. The number of hydrogen-bond donors (Lipinski definition) is 3. The predicted octanol–water partition coefficient (Wildman–Crippen LogP) is 7.44. The van der Waals surface area contributed by atoms with Gasteiger partial charge >= 0.3 is 5.97 Å². The summed E-state index contributed by atoms with van der Waals surface area (Å²) in [5.41, 5.74) is 0. The Kier molecular flexibility index (Phi) is 17.7. The topological polar surface area (TPSA) is 77.8 Å². The van der Waals surface area contributed by atoms with E-state index in [-0.39, 0.29) is 11.5 Å². The Balaban J connectivity index is 3.43. The molecule has 0 fully saturated rings. The molecule has 3 N–H and O–H groups in total. The van der Waals surface area contributed by atoms with Gasteiger partial charge in [0.25, 0.3) is 0 Å². The van der Waals surface area contributed by atoms with Crippen LogP contribution in [0.2, 0.25) is 0 Å². The van der Waals surface area contributed by atoms with Crippen LogP contribution in [-0.2, 0) is 4.79 Å². The number of aliphatic carboxylic acids is 1. The Morgan fingerprint density at radius 3 is 1.15 bits per heavy atom. The van der Waals surface area contributed by atoms with Gasteiger partial charge in [-0.3, -0.25) is 4.79 Å². The molecule has 0 aromatic rings. The molecule has 0 aromatic heterocycles. The zero-order valence-corrected chi connectivity index (χ0v) is 17.0. The molecule has 0 unspecified atom stereocenters. The van der Waals surface area contributed by atoms with E-state index in [2.05, 4.69) is 6.92 Å². The van der Waals surface area contributed by atoms with Gasteiger partial charge in [-0.2, -0.15) is 0 Å². The molecule has 0 spiro atoms. The van der Waals surface area contributed by atoms with Crippen molar-refractivity contribution in [2.75, 3.05) is 0 Å². The van der Waals surface area contributed by atoms with Gasteiger partial charge in [0.1, 0.15) is 11.5 Å². The minimum Gasteiger partial charge on any atom is -0.509 e. The lowest BCUT2D eigenvalue weighted by molar-refractivity contribution is -0.137. The van der Waals surface area contributed by atoms with Gasteiger partial charge in [-0.25, -0.2) is 0 Å². The SMILES string of the molecule is CCCCCCCC/C(O)=C(/O)CCCCCCCCCCCC(=O)O. The normalized spacial score (nSPS) is 12.2. The number of allylic oxidation sites excluding steroid dienone is 2. The fourth-order valence-corrected chi connectivity index (χ4v) is 3.17. The molecule has 0 saturated carbocycles. The van der Waals surface area contributed by atoms with E-state index in [1.54, 1.807) is 0 Å². The highest BCUT2D eigenvalue weighted by atomic mass is 16.4. The summed E-state index contributed by atoms with van der Waals surface area (Å²) in [4.78, 5) is 10.4. The number of carbonyl (C=O) groups is 1. The van der Waals surface area contributed by atoms with Crippen molar-refractivity contribution in [1.82, 2.24) is 0 Å². The van der Waals surface area contributed by atoms with E-state index in [4.69, 9.17) is 5.11 Å². The number of aliphatic hydroxyl groups is 2. The molecule has 154 valence electrons. The van der Waals surface area contributed by atoms with Crippen LogP contribution in [0, 0.1) is 0 Å². The molecule has 0 rings (SSSR count). The molecule has 0 aliphatic carbocycles. The zero-order chi connectivity index (χ0) is 19.5. The molecule has 0 atom stereocenters. The van der Waals surface area contributed by atoms with E-state index in [0.717, 1.165) is 44.9 Å². The van der Waals surface area contributed by atoms with Crippen molar-refractivity contribution >= 4 is 5.97 Å². The van der Waals surface area contributed by atoms with Gasteiger partial charge in [-0.05, 0) is 19.3 Å². The van der Waals surface area contributed by atoms with Crippen molar-refractivity contribution in [3.8, 4) is 0 Å². The highest BCUT2D eigenvalue weighted by Gasteiger charge is 2.04. The third kappa shape index (κ3) is 17.6. The lowest BCUT2D eigenvalue weighted by Gasteiger charge is -2.06. The van der Waals surface area contributed by atoms with Crippen molar-refractivity contribution in [2.24, 2.45) is 0 Å². The molecule has 0 aliphatic rings. The summed E-state index contributed by atoms with van der Waals surface area (Å²) in [5.74, 6) is -0.306. The first-order valence-electron chi connectivity index (χ1n) is 10.9. The lowest BCUT2D eigenvalue weighted by Crippen LogP contribution is -1.93. The number of carboxylic acids is 1. The molecule has 4 nitrogen and oxygen atoms in total. The first kappa shape index (κ1) is 24.8. The van der Waals surface area contributed by atoms with E-state index in [1.807, 2.05) is 0 Å². The number of unbranched alkanes of at least 4 members (excludes halogenated alkanes) is 13. The van der Waals surface area contributed by atoms with E-state index in [1.165, 1.54) is 51.4 Å². The van der Waals surface area contributed by atoms with Crippen molar-refractivity contribution in [2.45, 2.75) is 122 Å². The van der Waals surface area contributed by atoms with E-state index < -0.39 is 5.97 Å². The molecule has 0 amide bonds. The molecule has 4 heteroatoms. The van der Waals surface area contributed by atoms with Crippen LogP contribution < -0.4 is 0 Å². The summed E-state index contributed by atoms with van der Waals surface area (Å²) in [6, 6.07) is 0. The lowest BCUT2D eigenvalue weighted by atomic mass is 10.0. The number of aliphatic hydroxyl groups excluding tert-OH is 2. The number of rotatable bonds is 19. The van der Waals surface area contributed by atoms with Gasteiger partial charge in [0.05, 0.1) is 0 Å². The van der Waals surface area contributed by atoms with Gasteiger partial charge in [-0.1, -0.05) is 84.0 Å². The summed E-state index contributed by atoms with van der Waals surface area (Å²) in [6.45, 7) is 2.21. The molecular formula is C22H42O4. The van der Waals surface area contributed by atoms with Crippen molar-refractivity contribution < 1.29 is 20.1 Å². The largest absolute Gasteiger partial charge is 0.509 e. The van der Waals surface area contributed by atoms with E-state index in [0.29, 0.717) is 19.3 Å². The van der Waals surface area contributed by atoms with Crippen LogP contribution in [0.5, 0.6) is 0 Å². The van der Waals surface area contributed by atoms with E-state index >= 15 is 0 Å². The van der Waals surface area contributed by atoms with Gasteiger partial charge in [0.15, 0.2) is 0 Å². The Labute approximate surface area is 160 Å². The highest BCUT2D eigenvalue weighted by Crippen LogP contribution is 2.17. The maximum Gasteiger partial charge on any atom is 0.303 e. The predicted molar refractivity (Wildman–Crippen MR) is 109 cm³/mol. The second kappa shape index (κ2) is 18.6. The van der Waals surface area contributed by atoms with Crippen LogP contribution in [0.4, 0.5) is 0 Å². The molecule has 0 saturated heterocycles. The molecular weight excluding hydrogens is 328 g/mol. The van der Waals surface area contributed by atoms with Crippen molar-refractivity contribution in [1.29, 1.82) is 0 Å². The quantitative estimate of drug-likeness (QED) is 0.163. The molecule has 0 heterocycles. The van der Waals surface area contributed by atoms with Crippen LogP contribution in [0.3, 0.4) is 0 Å². The Morgan fingerprint density at radius 1 is 0.500 bits per heavy atom. The Morgan fingerprint density at radius 2 is 0.808 bits per heavy atom. The third-order valence-corrected chi connectivity index (χ3v) is 4.90. The average molecular weight is 371 g/mol. The summed E-state index contributed by atoms with van der Waals surface area (Å²) >= 11 is 0. The van der Waals surface area contributed by atoms with E-state index in [9.17, 15) is 15.0 Å². The Bertz CT molecular complexity index is 363. The third-order valence-electron chi connectivity index (χ3n) is 4.90. The maximum absolute atomic E-state index is 10.4. The van der Waals surface area contributed by atoms with Gasteiger partial charge in [-0.15, -0.1) is 0 Å². The first-order chi connectivity index (χ1) is 12.6. The summed E-state index contributed by atoms with van der Waals surface area (Å²) in [5, 5.41) is 28.4. The molecule has 0 aliphatic heterocycles. The van der Waals surface area contributed by atoms with Crippen LogP contribution in [-0.4, -0.2) is 21.3 Å². The molecule has 0 radical (unpaired) electrons. The fraction of sp³-hybridized carbons (Fsp3) is 0.864. The average Bonchev–Trinajstić information content (AvgIpc) is 2.61. The minimum absolute atomic E-state index is 0.192. The van der Waals surface area contributed by atoms with Crippen LogP contribution in [0.25, 0.3) is 0 Å². The number of carboxylic acid groups (broad SMARTS) is 1. The van der Waals surface area contributed by atoms with Gasteiger partial charge in [0.2, 0.25) is 0 Å². The Hall–Kier alpha value is -1.19.